The maximum Gasteiger partial charge on any atom is 0.399 e. The van der Waals surface area contributed by atoms with E-state index in [1.807, 2.05) is 18.2 Å². The van der Waals surface area contributed by atoms with Gasteiger partial charge in [0.05, 0.1) is 0 Å². The molecule has 0 spiro atoms. The Morgan fingerprint density at radius 3 is 2.94 bits per heavy atom. The quantitative estimate of drug-likeness (QED) is 0.539. The van der Waals surface area contributed by atoms with Crippen molar-refractivity contribution in [3.05, 3.63) is 33.8 Å². The van der Waals surface area contributed by atoms with Crippen molar-refractivity contribution in [2.24, 2.45) is 0 Å². The van der Waals surface area contributed by atoms with E-state index in [1.54, 1.807) is 6.92 Å². The Morgan fingerprint density at radius 1 is 1.41 bits per heavy atom. The first-order valence-corrected chi connectivity index (χ1v) is 6.15. The molecule has 2 aliphatic rings. The molecule has 0 aliphatic carbocycles. The number of carbonyl (C=O) groups excluding carboxylic acids is 2. The van der Waals surface area contributed by atoms with Gasteiger partial charge in [0.15, 0.2) is 0 Å². The zero-order valence-corrected chi connectivity index (χ0v) is 10.8. The summed E-state index contributed by atoms with van der Waals surface area (Å²) in [6, 6.07) is 5.86. The highest BCUT2D eigenvalue weighted by Gasteiger charge is 2.53. The van der Waals surface area contributed by atoms with Crippen LogP contribution in [0, 0.1) is 0 Å². The third kappa shape index (κ3) is 1.35. The minimum atomic E-state index is -0.939. The summed E-state index contributed by atoms with van der Waals surface area (Å²) in [5.41, 5.74) is 1.07. The predicted octanol–water partition coefficient (Wildman–Crippen LogP) is 1.56. The number of hydrogen-bond acceptors (Lipinski definition) is 3. The summed E-state index contributed by atoms with van der Waals surface area (Å²) in [6.45, 7) is 2.29. The minimum absolute atomic E-state index is 0.524. The number of benzene rings is 1. The Morgan fingerprint density at radius 2 is 2.18 bits per heavy atom. The van der Waals surface area contributed by atoms with Gasteiger partial charge >= 0.3 is 11.9 Å². The average molecular weight is 296 g/mol. The Bertz CT molecular complexity index is 543. The van der Waals surface area contributed by atoms with Crippen molar-refractivity contribution in [3.63, 3.8) is 0 Å². The molecule has 0 radical (unpaired) electrons. The normalized spacial score (nSPS) is 26.6. The number of fused-ring (bicyclic) bond motifs is 3. The van der Waals surface area contributed by atoms with E-state index in [-0.39, 0.29) is 0 Å². The number of ether oxygens (including phenoxy) is 1. The molecule has 1 atom stereocenters. The summed E-state index contributed by atoms with van der Waals surface area (Å²) in [5, 5.41) is 0. The number of hydrogen-bond donors (Lipinski definition) is 0. The van der Waals surface area contributed by atoms with Crippen LogP contribution in [-0.2, 0) is 26.5 Å². The molecule has 1 aromatic rings. The predicted molar refractivity (Wildman–Crippen MR) is 63.0 cm³/mol. The Hall–Kier alpha value is -1.36. The SMILES string of the molecule is CC12OC(=O)C(=O)N1CCc1ccc(Br)cc12. The van der Waals surface area contributed by atoms with Crippen LogP contribution in [0.25, 0.3) is 0 Å². The number of carbonyl (C=O) groups is 2. The van der Waals surface area contributed by atoms with Crippen LogP contribution < -0.4 is 0 Å². The van der Waals surface area contributed by atoms with Gasteiger partial charge in [0.2, 0.25) is 5.72 Å². The van der Waals surface area contributed by atoms with Crippen LogP contribution in [0.3, 0.4) is 0 Å². The second-order valence-electron chi connectivity index (χ2n) is 4.38. The summed E-state index contributed by atoms with van der Waals surface area (Å²) in [7, 11) is 0. The van der Waals surface area contributed by atoms with E-state index in [2.05, 4.69) is 15.9 Å². The molecule has 88 valence electrons. The summed E-state index contributed by atoms with van der Waals surface area (Å²) in [6.07, 6.45) is 0.751. The highest BCUT2D eigenvalue weighted by Crippen LogP contribution is 2.41. The van der Waals surface area contributed by atoms with Crippen molar-refractivity contribution in [1.29, 1.82) is 0 Å². The highest BCUT2D eigenvalue weighted by atomic mass is 79.9. The molecule has 0 saturated carbocycles. The third-order valence-electron chi connectivity index (χ3n) is 3.40. The van der Waals surface area contributed by atoms with Gasteiger partial charge in [-0.05, 0) is 31.0 Å². The minimum Gasteiger partial charge on any atom is -0.428 e. The topological polar surface area (TPSA) is 46.6 Å². The number of amides is 1. The van der Waals surface area contributed by atoms with Gasteiger partial charge < -0.3 is 4.74 Å². The van der Waals surface area contributed by atoms with Crippen molar-refractivity contribution < 1.29 is 14.3 Å². The van der Waals surface area contributed by atoms with Crippen molar-refractivity contribution in [1.82, 2.24) is 4.90 Å². The van der Waals surface area contributed by atoms with Crippen molar-refractivity contribution >= 4 is 27.8 Å². The van der Waals surface area contributed by atoms with Crippen molar-refractivity contribution in [2.45, 2.75) is 19.1 Å². The second kappa shape index (κ2) is 3.32. The van der Waals surface area contributed by atoms with E-state index < -0.39 is 17.6 Å². The van der Waals surface area contributed by atoms with Crippen LogP contribution in [0.5, 0.6) is 0 Å². The van der Waals surface area contributed by atoms with Crippen molar-refractivity contribution in [2.75, 3.05) is 6.54 Å². The standard InChI is InChI=1S/C12H10BrNO3/c1-12-9-6-8(13)3-2-7(9)4-5-14(12)10(15)11(16)17-12/h2-3,6H,4-5H2,1H3. The summed E-state index contributed by atoms with van der Waals surface area (Å²) in [5.74, 6) is -1.31. The van der Waals surface area contributed by atoms with E-state index >= 15 is 0 Å². The first-order valence-electron chi connectivity index (χ1n) is 5.36. The molecule has 1 aromatic carbocycles. The van der Waals surface area contributed by atoms with Gasteiger partial charge in [-0.25, -0.2) is 4.79 Å². The molecule has 2 heterocycles. The zero-order chi connectivity index (χ0) is 12.2. The largest absolute Gasteiger partial charge is 0.428 e. The molecular formula is C12H10BrNO3. The Kier molecular flexibility index (Phi) is 2.10. The fourth-order valence-electron chi connectivity index (χ4n) is 2.53. The molecule has 17 heavy (non-hydrogen) atoms. The van der Waals surface area contributed by atoms with Crippen LogP contribution in [0.1, 0.15) is 18.1 Å². The fraction of sp³-hybridized carbons (Fsp3) is 0.333. The van der Waals surface area contributed by atoms with E-state index in [4.69, 9.17) is 4.74 Å². The smallest absolute Gasteiger partial charge is 0.399 e. The van der Waals surface area contributed by atoms with Gasteiger partial charge in [-0.1, -0.05) is 22.0 Å². The Labute approximate surface area is 107 Å². The fourth-order valence-corrected chi connectivity index (χ4v) is 2.89. The molecule has 0 N–H and O–H groups in total. The van der Waals surface area contributed by atoms with E-state index in [9.17, 15) is 9.59 Å². The van der Waals surface area contributed by atoms with E-state index in [1.165, 1.54) is 4.90 Å². The van der Waals surface area contributed by atoms with Gasteiger partial charge in [-0.3, -0.25) is 9.69 Å². The number of rotatable bonds is 0. The van der Waals surface area contributed by atoms with Crippen LogP contribution in [0.4, 0.5) is 0 Å². The third-order valence-corrected chi connectivity index (χ3v) is 3.90. The van der Waals surface area contributed by atoms with Crippen molar-refractivity contribution in [3.8, 4) is 0 Å². The average Bonchev–Trinajstić information content (AvgIpc) is 2.51. The molecule has 1 saturated heterocycles. The molecule has 1 unspecified atom stereocenters. The van der Waals surface area contributed by atoms with Crippen LogP contribution in [0.2, 0.25) is 0 Å². The Balaban J connectivity index is 2.19. The van der Waals surface area contributed by atoms with Gasteiger partial charge in [-0.2, -0.15) is 0 Å². The first-order chi connectivity index (χ1) is 8.02. The second-order valence-corrected chi connectivity index (χ2v) is 5.30. The first kappa shape index (κ1) is 10.8. The monoisotopic (exact) mass is 295 g/mol. The number of esters is 1. The molecule has 5 heteroatoms. The maximum absolute atomic E-state index is 11.7. The molecule has 1 fully saturated rings. The van der Waals surface area contributed by atoms with Crippen LogP contribution in [0.15, 0.2) is 22.7 Å². The lowest BCUT2D eigenvalue weighted by Gasteiger charge is -2.38. The molecule has 0 bridgehead atoms. The lowest BCUT2D eigenvalue weighted by molar-refractivity contribution is -0.154. The van der Waals surface area contributed by atoms with E-state index in [0.29, 0.717) is 6.54 Å². The molecule has 1 amide bonds. The zero-order valence-electron chi connectivity index (χ0n) is 9.20. The summed E-state index contributed by atoms with van der Waals surface area (Å²) < 4.78 is 6.17. The van der Waals surface area contributed by atoms with E-state index in [0.717, 1.165) is 22.0 Å². The lowest BCUT2D eigenvalue weighted by Crippen LogP contribution is -2.46. The molecule has 0 aromatic heterocycles. The van der Waals surface area contributed by atoms with Crippen LogP contribution in [-0.4, -0.2) is 23.3 Å². The van der Waals surface area contributed by atoms with Gasteiger partial charge in [0.25, 0.3) is 0 Å². The maximum atomic E-state index is 11.7. The summed E-state index contributed by atoms with van der Waals surface area (Å²) >= 11 is 3.40. The number of halogens is 1. The van der Waals surface area contributed by atoms with Gasteiger partial charge in [0.1, 0.15) is 0 Å². The lowest BCUT2D eigenvalue weighted by atomic mass is 9.91. The number of nitrogens with zero attached hydrogens (tertiary/aromatic N) is 1. The van der Waals surface area contributed by atoms with Gasteiger partial charge in [0, 0.05) is 16.6 Å². The molecule has 2 aliphatic heterocycles. The molecule has 3 rings (SSSR count). The summed E-state index contributed by atoms with van der Waals surface area (Å²) in [4.78, 5) is 24.6. The highest BCUT2D eigenvalue weighted by molar-refractivity contribution is 9.10. The van der Waals surface area contributed by atoms with Gasteiger partial charge in [-0.15, -0.1) is 0 Å². The molecule has 4 nitrogen and oxygen atoms in total. The van der Waals surface area contributed by atoms with Crippen LogP contribution >= 0.6 is 15.9 Å². The molecular weight excluding hydrogens is 286 g/mol.